The van der Waals surface area contributed by atoms with Crippen molar-refractivity contribution < 1.29 is 19.1 Å². The molecule has 0 aromatic carbocycles. The van der Waals surface area contributed by atoms with Crippen molar-refractivity contribution in [3.63, 3.8) is 0 Å². The van der Waals surface area contributed by atoms with Crippen molar-refractivity contribution in [1.29, 1.82) is 0 Å². The SMILES string of the molecule is CCCCCCCCCCCCCCCCCC(=O)OCCCC.CCCCCCCCCCCCCCCCCC(=O)OCCCCCCCCCCCCC. The maximum absolute atomic E-state index is 11.8. The number of hydrogen-bond acceptors (Lipinski definition) is 4. The second-order valence-electron chi connectivity index (χ2n) is 17.7. The standard InChI is InChI=1S/C31H62O2.C22H44O2/c1-3-5-7-9-11-13-15-16-17-18-19-21-23-25-27-29-31(32)33-30-28-26-24-22-20-14-12-10-8-6-4-2;1-3-5-7-8-9-10-11-12-13-14-15-16-17-18-19-20-22(23)24-21-6-4-2/h3-30H2,1-2H3;3-21H2,1-2H3. The molecule has 0 heterocycles. The summed E-state index contributed by atoms with van der Waals surface area (Å²) in [6.45, 7) is 10.2. The van der Waals surface area contributed by atoms with Gasteiger partial charge in [0.15, 0.2) is 0 Å². The minimum Gasteiger partial charge on any atom is -0.466 e. The molecule has 0 aromatic rings. The average molecular weight is 807 g/mol. The topological polar surface area (TPSA) is 52.6 Å². The van der Waals surface area contributed by atoms with E-state index in [1.807, 2.05) is 0 Å². The van der Waals surface area contributed by atoms with Crippen LogP contribution in [0, 0.1) is 0 Å². The zero-order valence-corrected chi connectivity index (χ0v) is 39.9. The highest BCUT2D eigenvalue weighted by Gasteiger charge is 2.04. The number of hydrogen-bond donors (Lipinski definition) is 0. The van der Waals surface area contributed by atoms with Crippen LogP contribution in [0.5, 0.6) is 0 Å². The van der Waals surface area contributed by atoms with E-state index in [2.05, 4.69) is 27.7 Å². The highest BCUT2D eigenvalue weighted by molar-refractivity contribution is 5.69. The predicted octanol–water partition coefficient (Wildman–Crippen LogP) is 18.7. The van der Waals surface area contributed by atoms with Gasteiger partial charge in [0.25, 0.3) is 0 Å². The lowest BCUT2D eigenvalue weighted by Gasteiger charge is -2.06. The lowest BCUT2D eigenvalue weighted by molar-refractivity contribution is -0.144. The van der Waals surface area contributed by atoms with Crippen LogP contribution in [0.3, 0.4) is 0 Å². The summed E-state index contributed by atoms with van der Waals surface area (Å²) >= 11 is 0. The highest BCUT2D eigenvalue weighted by Crippen LogP contribution is 2.16. The maximum Gasteiger partial charge on any atom is 0.305 e. The Bertz CT molecular complexity index is 736. The van der Waals surface area contributed by atoms with Gasteiger partial charge in [-0.05, 0) is 25.7 Å². The van der Waals surface area contributed by atoms with E-state index in [0.29, 0.717) is 26.1 Å². The molecule has 0 radical (unpaired) electrons. The molecule has 0 fully saturated rings. The summed E-state index contributed by atoms with van der Waals surface area (Å²) < 4.78 is 10.6. The Balaban J connectivity index is 0. The fourth-order valence-electron chi connectivity index (χ4n) is 7.71. The first-order valence-corrected chi connectivity index (χ1v) is 26.4. The monoisotopic (exact) mass is 807 g/mol. The van der Waals surface area contributed by atoms with E-state index in [9.17, 15) is 9.59 Å². The van der Waals surface area contributed by atoms with Crippen LogP contribution >= 0.6 is 0 Å². The third-order valence-corrected chi connectivity index (χ3v) is 11.7. The quantitative estimate of drug-likeness (QED) is 0.0454. The zero-order valence-electron chi connectivity index (χ0n) is 39.9. The van der Waals surface area contributed by atoms with Gasteiger partial charge in [-0.15, -0.1) is 0 Å². The molecule has 0 bridgehead atoms. The minimum atomic E-state index is -0.00172. The van der Waals surface area contributed by atoms with Crippen LogP contribution in [-0.4, -0.2) is 25.2 Å². The summed E-state index contributed by atoms with van der Waals surface area (Å²) in [6, 6.07) is 0. The molecule has 0 aliphatic heterocycles. The van der Waals surface area contributed by atoms with E-state index in [4.69, 9.17) is 9.47 Å². The van der Waals surface area contributed by atoms with E-state index >= 15 is 0 Å². The number of esters is 2. The molecule has 0 aliphatic carbocycles. The van der Waals surface area contributed by atoms with Gasteiger partial charge in [0, 0.05) is 12.8 Å². The van der Waals surface area contributed by atoms with Gasteiger partial charge in [0.2, 0.25) is 0 Å². The van der Waals surface area contributed by atoms with Crippen LogP contribution in [0.15, 0.2) is 0 Å². The van der Waals surface area contributed by atoms with Crippen LogP contribution in [0.2, 0.25) is 0 Å². The first kappa shape index (κ1) is 58.0. The first-order chi connectivity index (χ1) is 28.1. The molecule has 0 aromatic heterocycles. The summed E-state index contributed by atoms with van der Waals surface area (Å²) in [5.41, 5.74) is 0. The lowest BCUT2D eigenvalue weighted by atomic mass is 10.0. The third kappa shape index (κ3) is 57.1. The van der Waals surface area contributed by atoms with Crippen molar-refractivity contribution >= 4 is 11.9 Å². The van der Waals surface area contributed by atoms with Gasteiger partial charge in [-0.2, -0.15) is 0 Å². The summed E-state index contributed by atoms with van der Waals surface area (Å²) in [5, 5.41) is 0. The van der Waals surface area contributed by atoms with E-state index in [1.165, 1.54) is 244 Å². The van der Waals surface area contributed by atoms with Crippen molar-refractivity contribution in [3.8, 4) is 0 Å². The third-order valence-electron chi connectivity index (χ3n) is 11.7. The van der Waals surface area contributed by atoms with Gasteiger partial charge in [-0.25, -0.2) is 0 Å². The van der Waals surface area contributed by atoms with Crippen LogP contribution in [0.25, 0.3) is 0 Å². The summed E-state index contributed by atoms with van der Waals surface area (Å²) in [6.07, 6.45) is 58.8. The number of carbonyl (C=O) groups is 2. The van der Waals surface area contributed by atoms with E-state index in [-0.39, 0.29) is 11.9 Å². The van der Waals surface area contributed by atoms with Crippen molar-refractivity contribution in [2.24, 2.45) is 0 Å². The van der Waals surface area contributed by atoms with E-state index < -0.39 is 0 Å². The number of carbonyl (C=O) groups excluding carboxylic acids is 2. The maximum atomic E-state index is 11.8. The van der Waals surface area contributed by atoms with E-state index in [1.54, 1.807) is 0 Å². The molecule has 342 valence electrons. The molecule has 0 spiro atoms. The molecule has 0 amide bonds. The molecule has 0 aliphatic rings. The highest BCUT2D eigenvalue weighted by atomic mass is 16.5. The second-order valence-corrected chi connectivity index (χ2v) is 17.7. The number of ether oxygens (including phenoxy) is 2. The average Bonchev–Trinajstić information content (AvgIpc) is 3.21. The molecular weight excluding hydrogens is 701 g/mol. The molecule has 57 heavy (non-hydrogen) atoms. The summed E-state index contributed by atoms with van der Waals surface area (Å²) in [7, 11) is 0. The largest absolute Gasteiger partial charge is 0.466 e. The van der Waals surface area contributed by atoms with Crippen molar-refractivity contribution in [2.75, 3.05) is 13.2 Å². The number of unbranched alkanes of at least 4 members (excludes halogenated alkanes) is 39. The Morgan fingerprint density at radius 1 is 0.228 bits per heavy atom. The summed E-state index contributed by atoms with van der Waals surface area (Å²) in [5.74, 6) is 0.0231. The van der Waals surface area contributed by atoms with Gasteiger partial charge in [-0.1, -0.05) is 278 Å². The molecule has 4 nitrogen and oxygen atoms in total. The molecule has 0 N–H and O–H groups in total. The lowest BCUT2D eigenvalue weighted by Crippen LogP contribution is -2.05. The van der Waals surface area contributed by atoms with Gasteiger partial charge >= 0.3 is 11.9 Å². The minimum absolute atomic E-state index is 0.00172. The van der Waals surface area contributed by atoms with Gasteiger partial charge in [-0.3, -0.25) is 9.59 Å². The van der Waals surface area contributed by atoms with Crippen LogP contribution < -0.4 is 0 Å². The van der Waals surface area contributed by atoms with Crippen molar-refractivity contribution in [3.05, 3.63) is 0 Å². The van der Waals surface area contributed by atoms with Crippen LogP contribution in [-0.2, 0) is 19.1 Å². The first-order valence-electron chi connectivity index (χ1n) is 26.4. The van der Waals surface area contributed by atoms with Gasteiger partial charge in [0.1, 0.15) is 0 Å². The Morgan fingerprint density at radius 3 is 0.632 bits per heavy atom. The zero-order chi connectivity index (χ0) is 41.8. The number of rotatable bonds is 47. The molecule has 0 saturated carbocycles. The molecule has 0 saturated heterocycles. The molecule has 4 heteroatoms. The van der Waals surface area contributed by atoms with Gasteiger partial charge in [0.05, 0.1) is 13.2 Å². The fraction of sp³-hybridized carbons (Fsp3) is 0.962. The van der Waals surface area contributed by atoms with Crippen molar-refractivity contribution in [1.82, 2.24) is 0 Å². The van der Waals surface area contributed by atoms with Crippen molar-refractivity contribution in [2.45, 2.75) is 317 Å². The Hall–Kier alpha value is -1.06. The second kappa shape index (κ2) is 54.9. The fourth-order valence-corrected chi connectivity index (χ4v) is 7.71. The Morgan fingerprint density at radius 2 is 0.404 bits per heavy atom. The van der Waals surface area contributed by atoms with Crippen LogP contribution in [0.4, 0.5) is 0 Å². The smallest absolute Gasteiger partial charge is 0.305 e. The molecule has 0 atom stereocenters. The van der Waals surface area contributed by atoms with E-state index in [0.717, 1.165) is 32.1 Å². The molecular formula is C53H106O4. The predicted molar refractivity (Wildman–Crippen MR) is 252 cm³/mol. The molecule has 0 unspecified atom stereocenters. The normalized spacial score (nSPS) is 11.1. The molecule has 0 rings (SSSR count). The Labute approximate surface area is 359 Å². The Kier molecular flexibility index (Phi) is 55.9. The van der Waals surface area contributed by atoms with Crippen LogP contribution in [0.1, 0.15) is 317 Å². The summed E-state index contributed by atoms with van der Waals surface area (Å²) in [4.78, 5) is 23.3. The van der Waals surface area contributed by atoms with Gasteiger partial charge < -0.3 is 9.47 Å².